The highest BCUT2D eigenvalue weighted by Gasteiger charge is 2.41. The minimum atomic E-state index is -0.188. The molecule has 3 aromatic rings. The minimum Gasteiger partial charge on any atom is -0.293 e. The third kappa shape index (κ3) is 2.38. The first-order valence-electron chi connectivity index (χ1n) is 7.69. The van der Waals surface area contributed by atoms with E-state index in [1.54, 1.807) is 6.07 Å². The van der Waals surface area contributed by atoms with Gasteiger partial charge in [0.2, 0.25) is 0 Å². The van der Waals surface area contributed by atoms with Gasteiger partial charge in [-0.05, 0) is 34.9 Å². The molecule has 2 unspecified atom stereocenters. The molecule has 3 aromatic carbocycles. The van der Waals surface area contributed by atoms with Crippen molar-refractivity contribution >= 4 is 17.4 Å². The predicted octanol–water partition coefficient (Wildman–Crippen LogP) is 5.45. The molecule has 1 aliphatic rings. The Morgan fingerprint density at radius 1 is 0.696 bits per heavy atom. The summed E-state index contributed by atoms with van der Waals surface area (Å²) in [6.07, 6.45) is 0. The van der Waals surface area contributed by atoms with Gasteiger partial charge in [0.1, 0.15) is 0 Å². The molecule has 0 fully saturated rings. The largest absolute Gasteiger partial charge is 0.293 e. The van der Waals surface area contributed by atoms with E-state index in [1.807, 2.05) is 60.7 Å². The molecule has 0 spiro atoms. The van der Waals surface area contributed by atoms with Crippen LogP contribution in [0.25, 0.3) is 0 Å². The van der Waals surface area contributed by atoms with Gasteiger partial charge in [-0.3, -0.25) is 4.79 Å². The second-order valence-electron chi connectivity index (χ2n) is 5.87. The lowest BCUT2D eigenvalue weighted by atomic mass is 9.81. The maximum absolute atomic E-state index is 13.0. The lowest BCUT2D eigenvalue weighted by molar-refractivity contribution is 0.0968. The van der Waals surface area contributed by atoms with Crippen LogP contribution in [-0.4, -0.2) is 5.78 Å². The van der Waals surface area contributed by atoms with Crippen LogP contribution in [0.4, 0.5) is 0 Å². The van der Waals surface area contributed by atoms with Crippen LogP contribution in [0.5, 0.6) is 0 Å². The van der Waals surface area contributed by atoms with E-state index in [1.165, 1.54) is 0 Å². The molecular weight excluding hydrogens is 304 g/mol. The summed E-state index contributed by atoms with van der Waals surface area (Å²) < 4.78 is 0. The number of Topliss-reactive ketones (excluding diaryl/α,β-unsaturated/α-hetero) is 1. The highest BCUT2D eigenvalue weighted by Crippen LogP contribution is 2.48. The topological polar surface area (TPSA) is 17.1 Å². The van der Waals surface area contributed by atoms with Crippen molar-refractivity contribution in [2.24, 2.45) is 0 Å². The Hall–Kier alpha value is -2.38. The molecule has 112 valence electrons. The van der Waals surface area contributed by atoms with Crippen LogP contribution in [0.15, 0.2) is 78.9 Å². The van der Waals surface area contributed by atoms with Gasteiger partial charge >= 0.3 is 0 Å². The zero-order valence-corrected chi connectivity index (χ0v) is 13.2. The molecule has 0 radical (unpaired) electrons. The molecule has 0 aliphatic heterocycles. The maximum Gasteiger partial charge on any atom is 0.171 e. The van der Waals surface area contributed by atoms with Gasteiger partial charge in [-0.1, -0.05) is 72.3 Å². The van der Waals surface area contributed by atoms with Crippen molar-refractivity contribution < 1.29 is 4.79 Å². The summed E-state index contributed by atoms with van der Waals surface area (Å²) in [5.74, 6) is 0.00332. The number of halogens is 1. The maximum atomic E-state index is 13.0. The molecule has 0 saturated heterocycles. The normalized spacial score (nSPS) is 19.6. The lowest BCUT2D eigenvalue weighted by Crippen LogP contribution is -2.12. The molecule has 23 heavy (non-hydrogen) atoms. The van der Waals surface area contributed by atoms with Gasteiger partial charge in [0.15, 0.2) is 5.78 Å². The fraction of sp³-hybridized carbons (Fsp3) is 0.0952. The number of ketones is 1. The quantitative estimate of drug-likeness (QED) is 0.614. The molecule has 0 aromatic heterocycles. The Kier molecular flexibility index (Phi) is 3.51. The Labute approximate surface area is 140 Å². The Morgan fingerprint density at radius 3 is 1.87 bits per heavy atom. The molecule has 0 saturated carbocycles. The smallest absolute Gasteiger partial charge is 0.171 e. The minimum absolute atomic E-state index is 0.0137. The molecule has 1 nitrogen and oxygen atoms in total. The summed E-state index contributed by atoms with van der Waals surface area (Å²) in [4.78, 5) is 13.0. The summed E-state index contributed by atoms with van der Waals surface area (Å²) >= 11 is 6.21. The van der Waals surface area contributed by atoms with E-state index in [4.69, 9.17) is 11.6 Å². The first kappa shape index (κ1) is 14.2. The van der Waals surface area contributed by atoms with E-state index in [9.17, 15) is 4.79 Å². The molecular formula is C21H15ClO. The zero-order chi connectivity index (χ0) is 15.8. The Balaban J connectivity index is 1.94. The number of carbonyl (C=O) groups excluding carboxylic acids is 1. The number of fused-ring (bicyclic) bond motifs is 1. The lowest BCUT2D eigenvalue weighted by Gasteiger charge is -2.20. The van der Waals surface area contributed by atoms with Gasteiger partial charge < -0.3 is 0 Å². The van der Waals surface area contributed by atoms with Gasteiger partial charge in [-0.25, -0.2) is 0 Å². The van der Waals surface area contributed by atoms with Crippen LogP contribution >= 0.6 is 11.6 Å². The number of carbonyl (C=O) groups is 1. The van der Waals surface area contributed by atoms with Crippen molar-refractivity contribution in [3.05, 3.63) is 106 Å². The second kappa shape index (κ2) is 5.68. The number of hydrogen-bond donors (Lipinski definition) is 0. The van der Waals surface area contributed by atoms with Crippen molar-refractivity contribution in [1.82, 2.24) is 0 Å². The van der Waals surface area contributed by atoms with E-state index in [0.717, 1.165) is 22.3 Å². The molecule has 0 heterocycles. The van der Waals surface area contributed by atoms with Crippen LogP contribution < -0.4 is 0 Å². The van der Waals surface area contributed by atoms with Crippen molar-refractivity contribution in [3.8, 4) is 0 Å². The van der Waals surface area contributed by atoms with E-state index in [-0.39, 0.29) is 17.6 Å². The van der Waals surface area contributed by atoms with Gasteiger partial charge in [0, 0.05) is 16.5 Å². The van der Waals surface area contributed by atoms with Crippen molar-refractivity contribution in [2.45, 2.75) is 11.8 Å². The van der Waals surface area contributed by atoms with Crippen LogP contribution in [-0.2, 0) is 0 Å². The fourth-order valence-corrected chi connectivity index (χ4v) is 3.73. The number of hydrogen-bond acceptors (Lipinski definition) is 1. The Morgan fingerprint density at radius 2 is 1.26 bits per heavy atom. The first-order valence-corrected chi connectivity index (χ1v) is 8.07. The second-order valence-corrected chi connectivity index (χ2v) is 6.31. The van der Waals surface area contributed by atoms with Crippen molar-refractivity contribution in [2.75, 3.05) is 0 Å². The van der Waals surface area contributed by atoms with E-state index < -0.39 is 0 Å². The number of benzene rings is 3. The molecule has 2 heteroatoms. The molecule has 0 amide bonds. The van der Waals surface area contributed by atoms with Gasteiger partial charge in [-0.15, -0.1) is 0 Å². The molecule has 0 bridgehead atoms. The summed E-state index contributed by atoms with van der Waals surface area (Å²) in [5, 5.41) is 0.672. The molecule has 4 rings (SSSR count). The summed E-state index contributed by atoms with van der Waals surface area (Å²) in [7, 11) is 0. The monoisotopic (exact) mass is 318 g/mol. The molecule has 0 N–H and O–H groups in total. The number of rotatable bonds is 2. The fourth-order valence-electron chi connectivity index (χ4n) is 3.55. The van der Waals surface area contributed by atoms with E-state index >= 15 is 0 Å². The highest BCUT2D eigenvalue weighted by atomic mass is 35.5. The van der Waals surface area contributed by atoms with E-state index in [0.29, 0.717) is 5.02 Å². The van der Waals surface area contributed by atoms with Crippen LogP contribution in [0.2, 0.25) is 5.02 Å². The SMILES string of the molecule is O=C1c2ccc(Cl)cc2C(c2ccccc2)C1c1ccccc1. The van der Waals surface area contributed by atoms with Gasteiger partial charge in [0.25, 0.3) is 0 Å². The van der Waals surface area contributed by atoms with Crippen molar-refractivity contribution in [1.29, 1.82) is 0 Å². The zero-order valence-electron chi connectivity index (χ0n) is 12.4. The predicted molar refractivity (Wildman–Crippen MR) is 93.3 cm³/mol. The van der Waals surface area contributed by atoms with Crippen LogP contribution in [0.3, 0.4) is 0 Å². The molecule has 1 aliphatic carbocycles. The third-order valence-electron chi connectivity index (χ3n) is 4.55. The van der Waals surface area contributed by atoms with Gasteiger partial charge in [-0.2, -0.15) is 0 Å². The van der Waals surface area contributed by atoms with Crippen LogP contribution in [0, 0.1) is 0 Å². The van der Waals surface area contributed by atoms with Gasteiger partial charge in [0.05, 0.1) is 5.92 Å². The Bertz CT molecular complexity index is 856. The standard InChI is InChI=1S/C21H15ClO/c22-16-11-12-17-18(13-16)19(14-7-3-1-4-8-14)20(21(17)23)15-9-5-2-6-10-15/h1-13,19-20H. The highest BCUT2D eigenvalue weighted by molar-refractivity contribution is 6.31. The summed E-state index contributed by atoms with van der Waals surface area (Å²) in [6.45, 7) is 0. The summed E-state index contributed by atoms with van der Waals surface area (Å²) in [6, 6.07) is 25.8. The average Bonchev–Trinajstić information content (AvgIpc) is 2.88. The third-order valence-corrected chi connectivity index (χ3v) is 4.78. The van der Waals surface area contributed by atoms with Crippen LogP contribution in [0.1, 0.15) is 38.9 Å². The van der Waals surface area contributed by atoms with E-state index in [2.05, 4.69) is 12.1 Å². The first-order chi connectivity index (χ1) is 11.3. The summed E-state index contributed by atoms with van der Waals surface area (Å²) in [5.41, 5.74) is 4.02. The molecule has 2 atom stereocenters. The van der Waals surface area contributed by atoms with Crippen molar-refractivity contribution in [3.63, 3.8) is 0 Å². The average molecular weight is 319 g/mol.